The normalized spacial score (nSPS) is 9.87. The lowest BCUT2D eigenvalue weighted by Crippen LogP contribution is -1.95. The molecular formula is C13H11O2-. The van der Waals surface area contributed by atoms with E-state index in [1.807, 2.05) is 30.3 Å². The van der Waals surface area contributed by atoms with Crippen molar-refractivity contribution in [2.75, 3.05) is 0 Å². The highest BCUT2D eigenvalue weighted by Crippen LogP contribution is 2.15. The van der Waals surface area contributed by atoms with Crippen LogP contribution in [0.1, 0.15) is 5.56 Å². The topological polar surface area (TPSA) is 32.3 Å². The van der Waals surface area contributed by atoms with E-state index in [9.17, 15) is 5.11 Å². The van der Waals surface area contributed by atoms with Crippen LogP contribution in [0.4, 0.5) is 0 Å². The Bertz CT molecular complexity index is 406. The number of rotatable bonds is 3. The summed E-state index contributed by atoms with van der Waals surface area (Å²) in [6, 6.07) is 16.3. The number of benzene rings is 2. The summed E-state index contributed by atoms with van der Waals surface area (Å²) in [5, 5.41) is 10.8. The summed E-state index contributed by atoms with van der Waals surface area (Å²) in [5.74, 6) is 0.723. The van der Waals surface area contributed by atoms with Gasteiger partial charge in [-0.3, -0.25) is 0 Å². The fraction of sp³-hybridized carbons (Fsp3) is 0.0769. The molecule has 0 aliphatic heterocycles. The molecule has 0 aliphatic carbocycles. The van der Waals surface area contributed by atoms with Crippen LogP contribution in [0, 0.1) is 0 Å². The van der Waals surface area contributed by atoms with Crippen LogP contribution in [0.15, 0.2) is 54.6 Å². The van der Waals surface area contributed by atoms with Gasteiger partial charge in [-0.15, -0.1) is 5.75 Å². The highest BCUT2D eigenvalue weighted by atomic mass is 16.5. The molecule has 0 saturated heterocycles. The molecule has 0 aromatic heterocycles. The highest BCUT2D eigenvalue weighted by molar-refractivity contribution is 5.29. The molecule has 0 fully saturated rings. The van der Waals surface area contributed by atoms with Gasteiger partial charge in [-0.25, -0.2) is 0 Å². The Balaban J connectivity index is 1.96. The van der Waals surface area contributed by atoms with Crippen LogP contribution in [0.3, 0.4) is 0 Å². The van der Waals surface area contributed by atoms with E-state index >= 15 is 0 Å². The molecule has 0 radical (unpaired) electrons. The van der Waals surface area contributed by atoms with Gasteiger partial charge in [0, 0.05) is 0 Å². The van der Waals surface area contributed by atoms with Crippen molar-refractivity contribution in [3.63, 3.8) is 0 Å². The van der Waals surface area contributed by atoms with Crippen molar-refractivity contribution >= 4 is 0 Å². The van der Waals surface area contributed by atoms with E-state index < -0.39 is 0 Å². The Morgan fingerprint density at radius 1 is 0.867 bits per heavy atom. The molecule has 0 saturated carbocycles. The minimum absolute atomic E-state index is 0.00191. The minimum atomic E-state index is 0.00191. The maximum atomic E-state index is 10.8. The van der Waals surface area contributed by atoms with Gasteiger partial charge in [0.1, 0.15) is 12.4 Å². The summed E-state index contributed by atoms with van der Waals surface area (Å²) in [6.45, 7) is 0.527. The fourth-order valence-corrected chi connectivity index (χ4v) is 1.28. The molecule has 0 heterocycles. The Morgan fingerprint density at radius 2 is 1.53 bits per heavy atom. The summed E-state index contributed by atoms with van der Waals surface area (Å²) < 4.78 is 5.51. The first-order chi connectivity index (χ1) is 7.34. The summed E-state index contributed by atoms with van der Waals surface area (Å²) in [4.78, 5) is 0. The quantitative estimate of drug-likeness (QED) is 0.760. The predicted octanol–water partition coefficient (Wildman–Crippen LogP) is 2.34. The highest BCUT2D eigenvalue weighted by Gasteiger charge is 1.93. The lowest BCUT2D eigenvalue weighted by atomic mass is 10.2. The van der Waals surface area contributed by atoms with Gasteiger partial charge in [-0.2, -0.15) is 0 Å². The van der Waals surface area contributed by atoms with E-state index in [0.717, 1.165) is 11.3 Å². The predicted molar refractivity (Wildman–Crippen MR) is 56.7 cm³/mol. The van der Waals surface area contributed by atoms with Crippen molar-refractivity contribution < 1.29 is 9.84 Å². The van der Waals surface area contributed by atoms with E-state index in [-0.39, 0.29) is 5.75 Å². The molecule has 0 aliphatic rings. The van der Waals surface area contributed by atoms with Gasteiger partial charge in [-0.05, 0) is 17.7 Å². The number of ether oxygens (including phenoxy) is 1. The zero-order valence-electron chi connectivity index (χ0n) is 8.22. The van der Waals surface area contributed by atoms with Crippen LogP contribution >= 0.6 is 0 Å². The smallest absolute Gasteiger partial charge is 0.119 e. The van der Waals surface area contributed by atoms with Gasteiger partial charge in [0.25, 0.3) is 0 Å². The standard InChI is InChI=1S/C13H12O2/c14-12-6-8-13(9-7-12)15-10-11-4-2-1-3-5-11/h1-9,14H,10H2/p-1. The van der Waals surface area contributed by atoms with Crippen LogP contribution in [0.25, 0.3) is 0 Å². The lowest BCUT2D eigenvalue weighted by Gasteiger charge is -2.08. The van der Waals surface area contributed by atoms with E-state index in [1.54, 1.807) is 12.1 Å². The van der Waals surface area contributed by atoms with Crippen molar-refractivity contribution in [3.8, 4) is 11.5 Å². The maximum Gasteiger partial charge on any atom is 0.119 e. The monoisotopic (exact) mass is 199 g/mol. The zero-order valence-corrected chi connectivity index (χ0v) is 8.22. The first-order valence-electron chi connectivity index (χ1n) is 4.78. The summed E-state index contributed by atoms with van der Waals surface area (Å²) in [7, 11) is 0. The molecule has 0 amide bonds. The summed E-state index contributed by atoms with van der Waals surface area (Å²) in [6.07, 6.45) is 0. The minimum Gasteiger partial charge on any atom is -0.872 e. The van der Waals surface area contributed by atoms with Gasteiger partial charge in [0.15, 0.2) is 0 Å². The van der Waals surface area contributed by atoms with Crippen molar-refractivity contribution in [2.24, 2.45) is 0 Å². The van der Waals surface area contributed by atoms with Crippen LogP contribution < -0.4 is 9.84 Å². The SMILES string of the molecule is [O-]c1ccc(OCc2ccccc2)cc1. The Kier molecular flexibility index (Phi) is 2.88. The zero-order chi connectivity index (χ0) is 10.5. The molecule has 0 spiro atoms. The maximum absolute atomic E-state index is 10.8. The van der Waals surface area contributed by atoms with E-state index in [2.05, 4.69) is 0 Å². The van der Waals surface area contributed by atoms with E-state index in [4.69, 9.17) is 4.74 Å². The Hall–Kier alpha value is -1.96. The van der Waals surface area contributed by atoms with Crippen molar-refractivity contribution in [1.82, 2.24) is 0 Å². The summed E-state index contributed by atoms with van der Waals surface area (Å²) >= 11 is 0. The molecule has 15 heavy (non-hydrogen) atoms. The fourth-order valence-electron chi connectivity index (χ4n) is 1.28. The molecule has 0 bridgehead atoms. The van der Waals surface area contributed by atoms with Gasteiger partial charge < -0.3 is 9.84 Å². The second kappa shape index (κ2) is 4.51. The third-order valence-electron chi connectivity index (χ3n) is 2.07. The number of hydrogen-bond donors (Lipinski definition) is 0. The average molecular weight is 199 g/mol. The molecule has 2 heteroatoms. The van der Waals surface area contributed by atoms with Gasteiger partial charge in [-0.1, -0.05) is 42.5 Å². The third kappa shape index (κ3) is 2.74. The van der Waals surface area contributed by atoms with Crippen molar-refractivity contribution in [1.29, 1.82) is 0 Å². The molecule has 76 valence electrons. The second-order valence-electron chi connectivity index (χ2n) is 3.25. The largest absolute Gasteiger partial charge is 0.872 e. The Morgan fingerprint density at radius 3 is 2.20 bits per heavy atom. The molecular weight excluding hydrogens is 188 g/mol. The van der Waals surface area contributed by atoms with Crippen LogP contribution in [-0.4, -0.2) is 0 Å². The van der Waals surface area contributed by atoms with E-state index in [0.29, 0.717) is 6.61 Å². The molecule has 0 atom stereocenters. The third-order valence-corrected chi connectivity index (χ3v) is 2.07. The van der Waals surface area contributed by atoms with Crippen molar-refractivity contribution in [2.45, 2.75) is 6.61 Å². The van der Waals surface area contributed by atoms with Gasteiger partial charge in [0.05, 0.1) is 0 Å². The molecule has 2 aromatic rings. The molecule has 2 nitrogen and oxygen atoms in total. The lowest BCUT2D eigenvalue weighted by molar-refractivity contribution is -0.268. The van der Waals surface area contributed by atoms with Gasteiger partial charge >= 0.3 is 0 Å². The number of hydrogen-bond acceptors (Lipinski definition) is 2. The van der Waals surface area contributed by atoms with Crippen LogP contribution in [0.5, 0.6) is 11.5 Å². The van der Waals surface area contributed by atoms with Crippen molar-refractivity contribution in [3.05, 3.63) is 60.2 Å². The Labute approximate surface area is 88.8 Å². The second-order valence-corrected chi connectivity index (χ2v) is 3.25. The first kappa shape index (κ1) is 9.59. The molecule has 2 aromatic carbocycles. The summed E-state index contributed by atoms with van der Waals surface area (Å²) in [5.41, 5.74) is 1.11. The first-order valence-corrected chi connectivity index (χ1v) is 4.78. The van der Waals surface area contributed by atoms with Crippen LogP contribution in [-0.2, 0) is 6.61 Å². The molecule has 0 unspecified atom stereocenters. The van der Waals surface area contributed by atoms with E-state index in [1.165, 1.54) is 12.1 Å². The van der Waals surface area contributed by atoms with Gasteiger partial charge in [0.2, 0.25) is 0 Å². The molecule has 2 rings (SSSR count). The molecule has 0 N–H and O–H groups in total. The van der Waals surface area contributed by atoms with Crippen LogP contribution in [0.2, 0.25) is 0 Å². The average Bonchev–Trinajstić information content (AvgIpc) is 2.30.